The van der Waals surface area contributed by atoms with Gasteiger partial charge in [-0.3, -0.25) is 0 Å². The molecule has 2 rings (SSSR count). The van der Waals surface area contributed by atoms with Crippen molar-refractivity contribution in [2.75, 3.05) is 19.0 Å². The van der Waals surface area contributed by atoms with Crippen LogP contribution in [0.5, 0.6) is 6.01 Å². The summed E-state index contributed by atoms with van der Waals surface area (Å²) in [5.74, 6) is 0.941. The monoisotopic (exact) mass is 235 g/mol. The van der Waals surface area contributed by atoms with Crippen molar-refractivity contribution >= 4 is 5.95 Å². The lowest BCUT2D eigenvalue weighted by Gasteiger charge is -2.06. The van der Waals surface area contributed by atoms with E-state index in [1.165, 1.54) is 7.11 Å². The number of methoxy groups -OCH3 is 1. The second-order valence-electron chi connectivity index (χ2n) is 3.24. The zero-order valence-electron chi connectivity index (χ0n) is 9.88. The molecule has 17 heavy (non-hydrogen) atoms. The van der Waals surface area contributed by atoms with E-state index in [0.29, 0.717) is 17.5 Å². The smallest absolute Gasteiger partial charge is 0.321 e. The predicted molar refractivity (Wildman–Crippen MR) is 60.5 cm³/mol. The number of nitrogens with zero attached hydrogens (tertiary/aromatic N) is 6. The van der Waals surface area contributed by atoms with Gasteiger partial charge in [-0.25, -0.2) is 4.68 Å². The topological polar surface area (TPSA) is 90.6 Å². The van der Waals surface area contributed by atoms with Gasteiger partial charge in [-0.05, 0) is 6.92 Å². The van der Waals surface area contributed by atoms with E-state index in [9.17, 15) is 0 Å². The van der Waals surface area contributed by atoms with Crippen molar-refractivity contribution in [3.8, 4) is 17.5 Å². The van der Waals surface area contributed by atoms with Crippen LogP contribution in [0.4, 0.5) is 5.95 Å². The minimum Gasteiger partial charge on any atom is -0.467 e. The first-order valence-corrected chi connectivity index (χ1v) is 5.13. The molecule has 0 spiro atoms. The molecule has 0 fully saturated rings. The molecule has 2 heterocycles. The van der Waals surface area contributed by atoms with Gasteiger partial charge in [-0.2, -0.15) is 15.0 Å². The minimum atomic E-state index is 0.257. The number of hydrogen-bond donors (Lipinski definition) is 1. The molecule has 0 aromatic carbocycles. The summed E-state index contributed by atoms with van der Waals surface area (Å²) in [7, 11) is 3.28. The molecule has 0 saturated heterocycles. The highest BCUT2D eigenvalue weighted by molar-refractivity contribution is 5.50. The maximum absolute atomic E-state index is 5.03. The molecule has 0 aliphatic heterocycles. The SMILES string of the molecule is CCNc1nc(OC)nc(-c2cnnn2C)n1. The van der Waals surface area contributed by atoms with E-state index in [-0.39, 0.29) is 6.01 Å². The highest BCUT2D eigenvalue weighted by atomic mass is 16.5. The highest BCUT2D eigenvalue weighted by Gasteiger charge is 2.11. The number of aryl methyl sites for hydroxylation is 1. The molecule has 0 saturated carbocycles. The molecule has 0 aliphatic carbocycles. The fraction of sp³-hybridized carbons (Fsp3) is 0.444. The molecule has 1 N–H and O–H groups in total. The third-order valence-corrected chi connectivity index (χ3v) is 2.08. The first kappa shape index (κ1) is 11.2. The fourth-order valence-electron chi connectivity index (χ4n) is 1.29. The Morgan fingerprint density at radius 1 is 1.35 bits per heavy atom. The molecule has 0 radical (unpaired) electrons. The Bertz CT molecular complexity index is 510. The van der Waals surface area contributed by atoms with Crippen LogP contribution in [0, 0.1) is 0 Å². The largest absolute Gasteiger partial charge is 0.467 e. The van der Waals surface area contributed by atoms with Gasteiger partial charge in [0.15, 0.2) is 5.82 Å². The molecule has 8 nitrogen and oxygen atoms in total. The highest BCUT2D eigenvalue weighted by Crippen LogP contribution is 2.16. The van der Waals surface area contributed by atoms with E-state index in [4.69, 9.17) is 4.74 Å². The number of ether oxygens (including phenoxy) is 1. The van der Waals surface area contributed by atoms with Crippen molar-refractivity contribution in [1.29, 1.82) is 0 Å². The molecule has 90 valence electrons. The van der Waals surface area contributed by atoms with Gasteiger partial charge in [-0.1, -0.05) is 5.21 Å². The van der Waals surface area contributed by atoms with Gasteiger partial charge in [0.2, 0.25) is 5.95 Å². The zero-order chi connectivity index (χ0) is 12.3. The van der Waals surface area contributed by atoms with Crippen LogP contribution in [-0.4, -0.2) is 43.6 Å². The first-order valence-electron chi connectivity index (χ1n) is 5.13. The summed E-state index contributed by atoms with van der Waals surface area (Å²) in [6.07, 6.45) is 1.59. The molecule has 0 unspecified atom stereocenters. The van der Waals surface area contributed by atoms with Crippen LogP contribution in [0.25, 0.3) is 11.5 Å². The number of rotatable bonds is 4. The molecule has 2 aromatic rings. The Morgan fingerprint density at radius 3 is 2.76 bits per heavy atom. The van der Waals surface area contributed by atoms with Gasteiger partial charge in [0.1, 0.15) is 5.69 Å². The average molecular weight is 235 g/mol. The molecule has 0 amide bonds. The Labute approximate surface area is 98.1 Å². The van der Waals surface area contributed by atoms with Crippen LogP contribution in [-0.2, 0) is 7.05 Å². The Morgan fingerprint density at radius 2 is 2.18 bits per heavy atom. The molecule has 0 atom stereocenters. The van der Waals surface area contributed by atoms with Crippen molar-refractivity contribution in [1.82, 2.24) is 29.9 Å². The van der Waals surface area contributed by atoms with Crippen LogP contribution in [0.15, 0.2) is 6.20 Å². The average Bonchev–Trinajstić information content (AvgIpc) is 2.75. The van der Waals surface area contributed by atoms with E-state index < -0.39 is 0 Å². The van der Waals surface area contributed by atoms with Crippen molar-refractivity contribution in [3.63, 3.8) is 0 Å². The zero-order valence-corrected chi connectivity index (χ0v) is 9.88. The summed E-state index contributed by atoms with van der Waals surface area (Å²) < 4.78 is 6.62. The predicted octanol–water partition coefficient (Wildman–Crippen LogP) is 0.107. The maximum atomic E-state index is 5.03. The third kappa shape index (κ3) is 2.30. The third-order valence-electron chi connectivity index (χ3n) is 2.08. The van der Waals surface area contributed by atoms with Gasteiger partial charge in [0.25, 0.3) is 0 Å². The lowest BCUT2D eigenvalue weighted by molar-refractivity contribution is 0.379. The Kier molecular flexibility index (Phi) is 3.12. The summed E-state index contributed by atoms with van der Waals surface area (Å²) >= 11 is 0. The lowest BCUT2D eigenvalue weighted by Crippen LogP contribution is -2.07. The summed E-state index contributed by atoms with van der Waals surface area (Å²) in [5.41, 5.74) is 0.699. The quantitative estimate of drug-likeness (QED) is 0.804. The number of hydrogen-bond acceptors (Lipinski definition) is 7. The fourth-order valence-corrected chi connectivity index (χ4v) is 1.29. The van der Waals surface area contributed by atoms with Crippen LogP contribution in [0.3, 0.4) is 0 Å². The normalized spacial score (nSPS) is 10.3. The molecule has 0 bridgehead atoms. The Hall–Kier alpha value is -2.25. The van der Waals surface area contributed by atoms with Gasteiger partial charge in [0.05, 0.1) is 13.3 Å². The summed E-state index contributed by atoms with van der Waals surface area (Å²) in [6.45, 7) is 2.68. The van der Waals surface area contributed by atoms with Crippen LogP contribution < -0.4 is 10.1 Å². The summed E-state index contributed by atoms with van der Waals surface area (Å²) in [4.78, 5) is 12.5. The van der Waals surface area contributed by atoms with Gasteiger partial charge in [0, 0.05) is 13.6 Å². The number of aromatic nitrogens is 6. The van der Waals surface area contributed by atoms with E-state index in [2.05, 4.69) is 30.6 Å². The second-order valence-corrected chi connectivity index (χ2v) is 3.24. The molecular weight excluding hydrogens is 222 g/mol. The number of nitrogens with one attached hydrogen (secondary N) is 1. The lowest BCUT2D eigenvalue weighted by atomic mass is 10.4. The minimum absolute atomic E-state index is 0.257. The van der Waals surface area contributed by atoms with Crippen LogP contribution in [0.1, 0.15) is 6.92 Å². The van der Waals surface area contributed by atoms with Crippen LogP contribution in [0.2, 0.25) is 0 Å². The summed E-state index contributed by atoms with van der Waals surface area (Å²) in [5, 5.41) is 10.6. The first-order chi connectivity index (χ1) is 8.24. The summed E-state index contributed by atoms with van der Waals surface area (Å²) in [6, 6.07) is 0.257. The Balaban J connectivity index is 2.46. The van der Waals surface area contributed by atoms with E-state index in [1.807, 2.05) is 6.92 Å². The molecule has 2 aromatic heterocycles. The van der Waals surface area contributed by atoms with E-state index in [1.54, 1.807) is 17.9 Å². The molecule has 8 heteroatoms. The van der Waals surface area contributed by atoms with Crippen molar-refractivity contribution in [3.05, 3.63) is 6.20 Å². The molecule has 0 aliphatic rings. The standard InChI is InChI=1S/C9H13N7O/c1-4-10-8-12-7(13-9(14-8)17-3)6-5-11-15-16(6)2/h5H,4H2,1-3H3,(H,10,12,13,14). The second kappa shape index (κ2) is 4.73. The van der Waals surface area contributed by atoms with Crippen molar-refractivity contribution in [2.45, 2.75) is 6.92 Å². The number of anilines is 1. The van der Waals surface area contributed by atoms with Gasteiger partial charge >= 0.3 is 6.01 Å². The van der Waals surface area contributed by atoms with Crippen molar-refractivity contribution in [2.24, 2.45) is 7.05 Å². The molecular formula is C9H13N7O. The van der Waals surface area contributed by atoms with Gasteiger partial charge in [-0.15, -0.1) is 5.10 Å². The van der Waals surface area contributed by atoms with Crippen LogP contribution >= 0.6 is 0 Å². The van der Waals surface area contributed by atoms with Gasteiger partial charge < -0.3 is 10.1 Å². The van der Waals surface area contributed by atoms with Crippen molar-refractivity contribution < 1.29 is 4.74 Å². The van der Waals surface area contributed by atoms with E-state index in [0.717, 1.165) is 6.54 Å². The maximum Gasteiger partial charge on any atom is 0.321 e. The van der Waals surface area contributed by atoms with E-state index >= 15 is 0 Å².